The SMILES string of the molecule is O=C(Cc1nc(-c2ccccc2Br)no1)C1CC1. The summed E-state index contributed by atoms with van der Waals surface area (Å²) in [6.45, 7) is 0. The van der Waals surface area contributed by atoms with Gasteiger partial charge in [-0.15, -0.1) is 0 Å². The third-order valence-corrected chi connectivity index (χ3v) is 3.63. The zero-order valence-electron chi connectivity index (χ0n) is 9.60. The number of hydrogen-bond donors (Lipinski definition) is 0. The smallest absolute Gasteiger partial charge is 0.234 e. The second kappa shape index (κ2) is 4.65. The number of carbonyl (C=O) groups is 1. The molecule has 0 bridgehead atoms. The van der Waals surface area contributed by atoms with Crippen LogP contribution in [0.25, 0.3) is 11.4 Å². The van der Waals surface area contributed by atoms with E-state index >= 15 is 0 Å². The van der Waals surface area contributed by atoms with Crippen molar-refractivity contribution in [3.63, 3.8) is 0 Å². The van der Waals surface area contributed by atoms with E-state index < -0.39 is 0 Å². The molecule has 0 saturated heterocycles. The summed E-state index contributed by atoms with van der Waals surface area (Å²) < 4.78 is 6.03. The highest BCUT2D eigenvalue weighted by atomic mass is 79.9. The molecule has 0 aliphatic heterocycles. The van der Waals surface area contributed by atoms with E-state index in [0.717, 1.165) is 22.9 Å². The summed E-state index contributed by atoms with van der Waals surface area (Å²) in [4.78, 5) is 15.9. The standard InChI is InChI=1S/C13H11BrN2O2/c14-10-4-2-1-3-9(10)13-15-12(18-16-13)7-11(17)8-5-6-8/h1-4,8H,5-7H2. The van der Waals surface area contributed by atoms with Crippen LogP contribution in [0.15, 0.2) is 33.3 Å². The number of nitrogens with zero attached hydrogens (tertiary/aromatic N) is 2. The topological polar surface area (TPSA) is 56.0 Å². The van der Waals surface area contributed by atoms with Gasteiger partial charge in [-0.05, 0) is 25.0 Å². The van der Waals surface area contributed by atoms with Gasteiger partial charge in [-0.1, -0.05) is 33.2 Å². The van der Waals surface area contributed by atoms with Gasteiger partial charge in [0.1, 0.15) is 5.78 Å². The summed E-state index contributed by atoms with van der Waals surface area (Å²) in [6.07, 6.45) is 2.26. The molecule has 0 radical (unpaired) electrons. The van der Waals surface area contributed by atoms with Gasteiger partial charge < -0.3 is 4.52 Å². The minimum Gasteiger partial charge on any atom is -0.338 e. The molecule has 4 nitrogen and oxygen atoms in total. The summed E-state index contributed by atoms with van der Waals surface area (Å²) in [5, 5.41) is 3.91. The highest BCUT2D eigenvalue weighted by Gasteiger charge is 2.30. The lowest BCUT2D eigenvalue weighted by Gasteiger charge is -1.96. The average Bonchev–Trinajstić information content (AvgIpc) is 3.12. The highest BCUT2D eigenvalue weighted by Crippen LogP contribution is 2.31. The Hall–Kier alpha value is -1.49. The van der Waals surface area contributed by atoms with Crippen LogP contribution >= 0.6 is 15.9 Å². The molecule has 1 aliphatic rings. The Kier molecular flexibility index (Phi) is 2.99. The summed E-state index contributed by atoms with van der Waals surface area (Å²) in [7, 11) is 0. The van der Waals surface area contributed by atoms with Crippen molar-refractivity contribution >= 4 is 21.7 Å². The fourth-order valence-corrected chi connectivity index (χ4v) is 2.24. The Morgan fingerprint density at radius 3 is 2.89 bits per heavy atom. The third kappa shape index (κ3) is 2.36. The van der Waals surface area contributed by atoms with E-state index in [1.807, 2.05) is 24.3 Å². The van der Waals surface area contributed by atoms with Crippen molar-refractivity contribution in [1.29, 1.82) is 0 Å². The average molecular weight is 307 g/mol. The highest BCUT2D eigenvalue weighted by molar-refractivity contribution is 9.10. The zero-order chi connectivity index (χ0) is 12.5. The van der Waals surface area contributed by atoms with Crippen molar-refractivity contribution in [1.82, 2.24) is 10.1 Å². The van der Waals surface area contributed by atoms with Crippen LogP contribution in [0.2, 0.25) is 0 Å². The van der Waals surface area contributed by atoms with Gasteiger partial charge in [0.05, 0.1) is 6.42 Å². The number of halogens is 1. The van der Waals surface area contributed by atoms with E-state index in [2.05, 4.69) is 26.1 Å². The summed E-state index contributed by atoms with van der Waals surface area (Å²) in [5.74, 6) is 1.35. The molecule has 0 unspecified atom stereocenters. The van der Waals surface area contributed by atoms with Crippen molar-refractivity contribution in [2.75, 3.05) is 0 Å². The number of ketones is 1. The maximum Gasteiger partial charge on any atom is 0.234 e. The summed E-state index contributed by atoms with van der Waals surface area (Å²) in [5.41, 5.74) is 0.867. The molecule has 0 atom stereocenters. The maximum atomic E-state index is 11.7. The minimum absolute atomic E-state index is 0.206. The number of aromatic nitrogens is 2. The molecule has 92 valence electrons. The number of hydrogen-bond acceptors (Lipinski definition) is 4. The zero-order valence-corrected chi connectivity index (χ0v) is 11.2. The predicted octanol–water partition coefficient (Wildman–Crippen LogP) is 3.02. The first-order chi connectivity index (χ1) is 8.74. The molecule has 2 aromatic rings. The first kappa shape index (κ1) is 11.6. The van der Waals surface area contributed by atoms with Gasteiger partial charge in [-0.2, -0.15) is 4.98 Å². The van der Waals surface area contributed by atoms with Crippen molar-refractivity contribution < 1.29 is 9.32 Å². The van der Waals surface area contributed by atoms with E-state index in [-0.39, 0.29) is 18.1 Å². The van der Waals surface area contributed by atoms with Gasteiger partial charge in [0, 0.05) is 16.0 Å². The predicted molar refractivity (Wildman–Crippen MR) is 68.9 cm³/mol. The Labute approximate surface area is 113 Å². The quantitative estimate of drug-likeness (QED) is 0.871. The third-order valence-electron chi connectivity index (χ3n) is 2.94. The van der Waals surface area contributed by atoms with Crippen molar-refractivity contribution in [3.8, 4) is 11.4 Å². The maximum absolute atomic E-state index is 11.7. The largest absolute Gasteiger partial charge is 0.338 e. The summed E-state index contributed by atoms with van der Waals surface area (Å²) >= 11 is 3.44. The second-order valence-corrected chi connectivity index (χ2v) is 5.26. The van der Waals surface area contributed by atoms with Gasteiger partial charge in [0.2, 0.25) is 11.7 Å². The lowest BCUT2D eigenvalue weighted by molar-refractivity contribution is -0.119. The monoisotopic (exact) mass is 306 g/mol. The Bertz CT molecular complexity index is 590. The van der Waals surface area contributed by atoms with E-state index in [4.69, 9.17) is 4.52 Å². The Morgan fingerprint density at radius 1 is 1.39 bits per heavy atom. The molecule has 3 rings (SSSR count). The lowest BCUT2D eigenvalue weighted by Crippen LogP contribution is -2.04. The van der Waals surface area contributed by atoms with Crippen LogP contribution in [-0.2, 0) is 11.2 Å². The van der Waals surface area contributed by atoms with Crippen LogP contribution in [0.1, 0.15) is 18.7 Å². The van der Waals surface area contributed by atoms with Crippen LogP contribution in [0.4, 0.5) is 0 Å². The molecule has 1 saturated carbocycles. The molecule has 0 spiro atoms. The van der Waals surface area contributed by atoms with E-state index in [0.29, 0.717) is 11.7 Å². The Morgan fingerprint density at radius 2 is 2.17 bits per heavy atom. The van der Waals surface area contributed by atoms with E-state index in [9.17, 15) is 4.79 Å². The number of carbonyl (C=O) groups excluding carboxylic acids is 1. The van der Waals surface area contributed by atoms with Gasteiger partial charge in [0.15, 0.2) is 0 Å². The fraction of sp³-hybridized carbons (Fsp3) is 0.308. The van der Waals surface area contributed by atoms with Gasteiger partial charge >= 0.3 is 0 Å². The van der Waals surface area contributed by atoms with Crippen LogP contribution in [0, 0.1) is 5.92 Å². The molecule has 1 aromatic carbocycles. The minimum atomic E-state index is 0.206. The van der Waals surface area contributed by atoms with Crippen LogP contribution in [0.5, 0.6) is 0 Å². The molecule has 18 heavy (non-hydrogen) atoms. The van der Waals surface area contributed by atoms with E-state index in [1.165, 1.54) is 0 Å². The van der Waals surface area contributed by atoms with E-state index in [1.54, 1.807) is 0 Å². The molecule has 1 heterocycles. The van der Waals surface area contributed by atoms with Crippen molar-refractivity contribution in [2.45, 2.75) is 19.3 Å². The van der Waals surface area contributed by atoms with Gasteiger partial charge in [-0.25, -0.2) is 0 Å². The van der Waals surface area contributed by atoms with Crippen LogP contribution in [-0.4, -0.2) is 15.9 Å². The number of Topliss-reactive ketones (excluding diaryl/α,β-unsaturated/α-hetero) is 1. The lowest BCUT2D eigenvalue weighted by atomic mass is 10.2. The molecule has 1 fully saturated rings. The molecule has 1 aromatic heterocycles. The molecular formula is C13H11BrN2O2. The normalized spacial score (nSPS) is 14.7. The molecule has 5 heteroatoms. The number of rotatable bonds is 4. The fourth-order valence-electron chi connectivity index (χ4n) is 1.78. The Balaban J connectivity index is 1.80. The van der Waals surface area contributed by atoms with Gasteiger partial charge in [-0.3, -0.25) is 4.79 Å². The van der Waals surface area contributed by atoms with Crippen LogP contribution < -0.4 is 0 Å². The molecule has 0 N–H and O–H groups in total. The second-order valence-electron chi connectivity index (χ2n) is 4.41. The molecule has 0 amide bonds. The van der Waals surface area contributed by atoms with Crippen LogP contribution in [0.3, 0.4) is 0 Å². The molecule has 1 aliphatic carbocycles. The van der Waals surface area contributed by atoms with Crippen molar-refractivity contribution in [2.24, 2.45) is 5.92 Å². The first-order valence-corrected chi connectivity index (χ1v) is 6.63. The number of benzene rings is 1. The first-order valence-electron chi connectivity index (χ1n) is 5.84. The summed E-state index contributed by atoms with van der Waals surface area (Å²) in [6, 6.07) is 7.65. The molecular weight excluding hydrogens is 296 g/mol. The van der Waals surface area contributed by atoms with Gasteiger partial charge in [0.25, 0.3) is 0 Å². The van der Waals surface area contributed by atoms with Crippen molar-refractivity contribution in [3.05, 3.63) is 34.6 Å².